The molecular weight excluding hydrogens is 366 g/mol. The number of carbonyl (C=O) groups excluding carboxylic acids is 1. The fourth-order valence-corrected chi connectivity index (χ4v) is 3.73. The summed E-state index contributed by atoms with van der Waals surface area (Å²) in [6.45, 7) is 3.90. The summed E-state index contributed by atoms with van der Waals surface area (Å²) in [5, 5.41) is 13.8. The minimum Gasteiger partial charge on any atom is -0.381 e. The van der Waals surface area contributed by atoms with Gasteiger partial charge in [0.25, 0.3) is 0 Å². The zero-order valence-corrected chi connectivity index (χ0v) is 17.0. The first-order valence-corrected chi connectivity index (χ1v) is 10.4. The molecule has 0 radical (unpaired) electrons. The van der Waals surface area contributed by atoms with Crippen molar-refractivity contribution in [2.75, 3.05) is 11.1 Å². The fraction of sp³-hybridized carbons (Fsp3) is 0.208. The summed E-state index contributed by atoms with van der Waals surface area (Å²) in [6.07, 6.45) is 0.334. The van der Waals surface area contributed by atoms with E-state index in [1.165, 1.54) is 4.90 Å². The Hall–Kier alpha value is -2.56. The lowest BCUT2D eigenvalue weighted by Crippen LogP contribution is -2.22. The lowest BCUT2D eigenvalue weighted by atomic mass is 9.88. The van der Waals surface area contributed by atoms with Gasteiger partial charge in [-0.15, -0.1) is 11.8 Å². The Morgan fingerprint density at radius 3 is 2.14 bits per heavy atom. The molecule has 4 heteroatoms. The minimum atomic E-state index is -1.08. The molecule has 0 saturated heterocycles. The van der Waals surface area contributed by atoms with Crippen LogP contribution in [0.4, 0.5) is 5.69 Å². The van der Waals surface area contributed by atoms with Crippen LogP contribution in [0.5, 0.6) is 0 Å². The Balaban J connectivity index is 1.63. The Bertz CT molecular complexity index is 904. The highest BCUT2D eigenvalue weighted by Gasteiger charge is 2.25. The quantitative estimate of drug-likeness (QED) is 0.542. The number of hydrogen-bond donors (Lipinski definition) is 2. The lowest BCUT2D eigenvalue weighted by molar-refractivity contribution is -0.115. The van der Waals surface area contributed by atoms with E-state index in [1.807, 2.05) is 66.7 Å². The van der Waals surface area contributed by atoms with Gasteiger partial charge in [-0.05, 0) is 53.6 Å². The standard InChI is InChI=1S/C24H25NO2S/c1-3-28-22-15-9-18(10-16-22)17-23(26)25-21-13-11-20(12-14-21)24(2,27)19-7-5-4-6-8-19/h4-16,27H,3,17H2,1-2H3,(H,25,26). The van der Waals surface area contributed by atoms with E-state index < -0.39 is 5.60 Å². The highest BCUT2D eigenvalue weighted by molar-refractivity contribution is 7.99. The number of thioether (sulfide) groups is 1. The molecule has 0 aliphatic heterocycles. The molecule has 0 saturated carbocycles. The van der Waals surface area contributed by atoms with Gasteiger partial charge in [0.1, 0.15) is 5.60 Å². The first kappa shape index (κ1) is 20.2. The van der Waals surface area contributed by atoms with Crippen LogP contribution in [0.15, 0.2) is 83.8 Å². The van der Waals surface area contributed by atoms with E-state index in [4.69, 9.17) is 0 Å². The maximum absolute atomic E-state index is 12.3. The smallest absolute Gasteiger partial charge is 0.228 e. The SMILES string of the molecule is CCSc1ccc(CC(=O)Nc2ccc(C(C)(O)c3ccccc3)cc2)cc1. The van der Waals surface area contributed by atoms with Crippen molar-refractivity contribution in [1.82, 2.24) is 0 Å². The molecule has 1 atom stereocenters. The molecule has 3 aromatic rings. The first-order valence-electron chi connectivity index (χ1n) is 9.39. The summed E-state index contributed by atoms with van der Waals surface area (Å²) in [5.41, 5.74) is 2.23. The molecule has 0 aromatic heterocycles. The van der Waals surface area contributed by atoms with Crippen molar-refractivity contribution < 1.29 is 9.90 Å². The number of carbonyl (C=O) groups is 1. The molecule has 0 aliphatic carbocycles. The summed E-state index contributed by atoms with van der Waals surface area (Å²) in [6, 6.07) is 25.0. The van der Waals surface area contributed by atoms with Crippen LogP contribution in [0, 0.1) is 0 Å². The molecule has 144 valence electrons. The van der Waals surface area contributed by atoms with Crippen molar-refractivity contribution in [3.05, 3.63) is 95.6 Å². The van der Waals surface area contributed by atoms with Crippen LogP contribution in [0.2, 0.25) is 0 Å². The van der Waals surface area contributed by atoms with E-state index in [1.54, 1.807) is 18.7 Å². The molecule has 0 bridgehead atoms. The normalized spacial score (nSPS) is 13.0. The molecule has 3 aromatic carbocycles. The molecule has 0 heterocycles. The van der Waals surface area contributed by atoms with Gasteiger partial charge >= 0.3 is 0 Å². The second-order valence-electron chi connectivity index (χ2n) is 6.82. The molecule has 1 amide bonds. The number of rotatable bonds is 7. The number of nitrogens with one attached hydrogen (secondary N) is 1. The van der Waals surface area contributed by atoms with Crippen LogP contribution in [0.25, 0.3) is 0 Å². The lowest BCUT2D eigenvalue weighted by Gasteiger charge is -2.24. The highest BCUT2D eigenvalue weighted by atomic mass is 32.2. The van der Waals surface area contributed by atoms with Crippen LogP contribution in [0.1, 0.15) is 30.5 Å². The van der Waals surface area contributed by atoms with Crippen molar-refractivity contribution in [3.63, 3.8) is 0 Å². The minimum absolute atomic E-state index is 0.0570. The second-order valence-corrected chi connectivity index (χ2v) is 8.15. The molecule has 3 rings (SSSR count). The fourth-order valence-electron chi connectivity index (χ4n) is 3.07. The van der Waals surface area contributed by atoms with E-state index >= 15 is 0 Å². The summed E-state index contributed by atoms with van der Waals surface area (Å²) in [5.74, 6) is 0.978. The molecule has 0 spiro atoms. The summed E-state index contributed by atoms with van der Waals surface area (Å²) in [7, 11) is 0. The number of aliphatic hydroxyl groups is 1. The molecule has 2 N–H and O–H groups in total. The molecule has 28 heavy (non-hydrogen) atoms. The molecule has 0 fully saturated rings. The predicted molar refractivity (Wildman–Crippen MR) is 117 cm³/mol. The third-order valence-electron chi connectivity index (χ3n) is 4.67. The van der Waals surface area contributed by atoms with Gasteiger partial charge in [0.05, 0.1) is 6.42 Å². The maximum Gasteiger partial charge on any atom is 0.228 e. The summed E-state index contributed by atoms with van der Waals surface area (Å²) in [4.78, 5) is 13.5. The third kappa shape index (κ3) is 5.03. The van der Waals surface area contributed by atoms with E-state index in [0.29, 0.717) is 6.42 Å². The predicted octanol–water partition coefficient (Wildman–Crippen LogP) is 5.24. The molecular formula is C24H25NO2S. The van der Waals surface area contributed by atoms with Gasteiger partial charge in [0, 0.05) is 10.6 Å². The molecule has 1 unspecified atom stereocenters. The van der Waals surface area contributed by atoms with Gasteiger partial charge < -0.3 is 10.4 Å². The average Bonchev–Trinajstić information content (AvgIpc) is 2.71. The zero-order valence-electron chi connectivity index (χ0n) is 16.2. The Morgan fingerprint density at radius 2 is 1.54 bits per heavy atom. The van der Waals surface area contributed by atoms with Gasteiger partial charge in [-0.3, -0.25) is 4.79 Å². The van der Waals surface area contributed by atoms with Crippen molar-refractivity contribution in [2.45, 2.75) is 30.8 Å². The van der Waals surface area contributed by atoms with Crippen molar-refractivity contribution >= 4 is 23.4 Å². The van der Waals surface area contributed by atoms with Crippen molar-refractivity contribution in [2.24, 2.45) is 0 Å². The van der Waals surface area contributed by atoms with Crippen LogP contribution in [0.3, 0.4) is 0 Å². The third-order valence-corrected chi connectivity index (χ3v) is 5.56. The highest BCUT2D eigenvalue weighted by Crippen LogP contribution is 2.29. The average molecular weight is 392 g/mol. The summed E-state index contributed by atoms with van der Waals surface area (Å²) >= 11 is 1.79. The van der Waals surface area contributed by atoms with E-state index in [0.717, 1.165) is 28.1 Å². The van der Waals surface area contributed by atoms with Gasteiger partial charge in [-0.1, -0.05) is 61.5 Å². The molecule has 0 aliphatic rings. The number of benzene rings is 3. The molecule has 3 nitrogen and oxygen atoms in total. The topological polar surface area (TPSA) is 49.3 Å². The summed E-state index contributed by atoms with van der Waals surface area (Å²) < 4.78 is 0. The number of anilines is 1. The maximum atomic E-state index is 12.3. The van der Waals surface area contributed by atoms with Crippen molar-refractivity contribution in [1.29, 1.82) is 0 Å². The monoisotopic (exact) mass is 391 g/mol. The van der Waals surface area contributed by atoms with Gasteiger partial charge in [-0.2, -0.15) is 0 Å². The largest absolute Gasteiger partial charge is 0.381 e. The first-order chi connectivity index (χ1) is 13.5. The van der Waals surface area contributed by atoms with Crippen LogP contribution >= 0.6 is 11.8 Å². The van der Waals surface area contributed by atoms with Gasteiger partial charge in [0.2, 0.25) is 5.91 Å². The van der Waals surface area contributed by atoms with E-state index in [2.05, 4.69) is 24.4 Å². The second kappa shape index (κ2) is 9.09. The Kier molecular flexibility index (Phi) is 6.55. The van der Waals surface area contributed by atoms with E-state index in [9.17, 15) is 9.90 Å². The van der Waals surface area contributed by atoms with Crippen molar-refractivity contribution in [3.8, 4) is 0 Å². The Labute approximate surface area is 170 Å². The van der Waals surface area contributed by atoms with Crippen LogP contribution in [-0.2, 0) is 16.8 Å². The zero-order chi connectivity index (χ0) is 20.0. The van der Waals surface area contributed by atoms with E-state index in [-0.39, 0.29) is 5.91 Å². The number of amides is 1. The van der Waals surface area contributed by atoms with Gasteiger partial charge in [0.15, 0.2) is 0 Å². The van der Waals surface area contributed by atoms with Gasteiger partial charge in [-0.25, -0.2) is 0 Å². The van der Waals surface area contributed by atoms with Crippen LogP contribution in [-0.4, -0.2) is 16.8 Å². The number of hydrogen-bond acceptors (Lipinski definition) is 3. The Morgan fingerprint density at radius 1 is 0.929 bits per heavy atom. The van der Waals surface area contributed by atoms with Crippen LogP contribution < -0.4 is 5.32 Å².